The van der Waals surface area contributed by atoms with Crippen LogP contribution in [0.5, 0.6) is 0 Å². The highest BCUT2D eigenvalue weighted by atomic mass is 19.1. The molecule has 0 aliphatic carbocycles. The lowest BCUT2D eigenvalue weighted by atomic mass is 10.0. The standard InChI is InChI=1S/C18H26FN3O/c1-15-5-4-8-20(13-15)14-18(23)22-11-9-21(10-12-22)17-7-3-2-6-16(17)19/h2-3,6-7,15H,4-5,8-14H2,1H3. The Morgan fingerprint density at radius 3 is 2.61 bits per heavy atom. The second-order valence-corrected chi connectivity index (χ2v) is 6.80. The molecular weight excluding hydrogens is 293 g/mol. The number of piperidine rings is 1. The molecule has 2 fully saturated rings. The number of nitrogens with zero attached hydrogens (tertiary/aromatic N) is 3. The predicted octanol–water partition coefficient (Wildman–Crippen LogP) is 2.21. The zero-order valence-corrected chi connectivity index (χ0v) is 13.9. The number of carbonyl (C=O) groups excluding carboxylic acids is 1. The molecule has 3 rings (SSSR count). The first kappa shape index (κ1) is 16.2. The van der Waals surface area contributed by atoms with Crippen molar-refractivity contribution >= 4 is 11.6 Å². The third kappa shape index (κ3) is 4.02. The molecule has 1 amide bonds. The lowest BCUT2D eigenvalue weighted by Gasteiger charge is -2.38. The van der Waals surface area contributed by atoms with E-state index in [0.29, 0.717) is 44.3 Å². The van der Waals surface area contributed by atoms with Gasteiger partial charge < -0.3 is 9.80 Å². The molecule has 1 aromatic rings. The summed E-state index contributed by atoms with van der Waals surface area (Å²) in [5, 5.41) is 0. The van der Waals surface area contributed by atoms with Crippen molar-refractivity contribution in [1.82, 2.24) is 9.80 Å². The summed E-state index contributed by atoms with van der Waals surface area (Å²) in [6.45, 7) is 7.60. The summed E-state index contributed by atoms with van der Waals surface area (Å²) in [5.41, 5.74) is 0.643. The fourth-order valence-electron chi connectivity index (χ4n) is 3.63. The first-order chi connectivity index (χ1) is 11.1. The number of benzene rings is 1. The maximum Gasteiger partial charge on any atom is 0.236 e. The van der Waals surface area contributed by atoms with Crippen LogP contribution in [0.25, 0.3) is 0 Å². The van der Waals surface area contributed by atoms with E-state index in [-0.39, 0.29) is 11.7 Å². The van der Waals surface area contributed by atoms with E-state index in [4.69, 9.17) is 0 Å². The van der Waals surface area contributed by atoms with Gasteiger partial charge in [-0.15, -0.1) is 0 Å². The Hall–Kier alpha value is -1.62. The van der Waals surface area contributed by atoms with E-state index in [9.17, 15) is 9.18 Å². The van der Waals surface area contributed by atoms with Crippen LogP contribution in [-0.2, 0) is 4.79 Å². The number of hydrogen-bond acceptors (Lipinski definition) is 3. The lowest BCUT2D eigenvalue weighted by Crippen LogP contribution is -2.52. The molecule has 4 nitrogen and oxygen atoms in total. The molecule has 1 aromatic carbocycles. The highest BCUT2D eigenvalue weighted by Crippen LogP contribution is 2.20. The van der Waals surface area contributed by atoms with Crippen molar-refractivity contribution in [1.29, 1.82) is 0 Å². The van der Waals surface area contributed by atoms with Gasteiger partial charge in [-0.1, -0.05) is 19.1 Å². The number of carbonyl (C=O) groups is 1. The normalized spacial score (nSPS) is 23.1. The first-order valence-corrected chi connectivity index (χ1v) is 8.63. The van der Waals surface area contributed by atoms with E-state index in [0.717, 1.165) is 13.1 Å². The van der Waals surface area contributed by atoms with Crippen LogP contribution in [0, 0.1) is 11.7 Å². The molecule has 2 aliphatic rings. The minimum atomic E-state index is -0.186. The summed E-state index contributed by atoms with van der Waals surface area (Å²) in [6, 6.07) is 6.86. The molecule has 5 heteroatoms. The second-order valence-electron chi connectivity index (χ2n) is 6.80. The minimum absolute atomic E-state index is 0.186. The van der Waals surface area contributed by atoms with Crippen LogP contribution in [0.4, 0.5) is 10.1 Å². The zero-order chi connectivity index (χ0) is 16.2. The van der Waals surface area contributed by atoms with Crippen LogP contribution < -0.4 is 4.90 Å². The van der Waals surface area contributed by atoms with Crippen molar-refractivity contribution in [3.8, 4) is 0 Å². The van der Waals surface area contributed by atoms with Crippen molar-refractivity contribution in [2.24, 2.45) is 5.92 Å². The van der Waals surface area contributed by atoms with Gasteiger partial charge in [-0.3, -0.25) is 9.69 Å². The Bertz CT molecular complexity index is 543. The average Bonchev–Trinajstić information content (AvgIpc) is 2.55. The van der Waals surface area contributed by atoms with Crippen molar-refractivity contribution in [2.75, 3.05) is 50.7 Å². The van der Waals surface area contributed by atoms with Gasteiger partial charge in [0.15, 0.2) is 0 Å². The molecule has 0 saturated carbocycles. The Morgan fingerprint density at radius 1 is 1.17 bits per heavy atom. The number of halogens is 1. The summed E-state index contributed by atoms with van der Waals surface area (Å²) >= 11 is 0. The van der Waals surface area contributed by atoms with Crippen molar-refractivity contribution in [3.63, 3.8) is 0 Å². The average molecular weight is 319 g/mol. The maximum absolute atomic E-state index is 13.8. The molecule has 0 bridgehead atoms. The highest BCUT2D eigenvalue weighted by molar-refractivity contribution is 5.78. The number of hydrogen-bond donors (Lipinski definition) is 0. The molecule has 23 heavy (non-hydrogen) atoms. The summed E-state index contributed by atoms with van der Waals surface area (Å²) in [7, 11) is 0. The largest absolute Gasteiger partial charge is 0.366 e. The van der Waals surface area contributed by atoms with Crippen LogP contribution in [0.3, 0.4) is 0 Å². The van der Waals surface area contributed by atoms with Crippen LogP contribution in [0.2, 0.25) is 0 Å². The van der Waals surface area contributed by atoms with E-state index < -0.39 is 0 Å². The molecule has 0 spiro atoms. The second kappa shape index (κ2) is 7.30. The van der Waals surface area contributed by atoms with Crippen molar-refractivity contribution < 1.29 is 9.18 Å². The van der Waals surface area contributed by atoms with E-state index in [1.54, 1.807) is 6.07 Å². The number of likely N-dealkylation sites (tertiary alicyclic amines) is 1. The molecule has 1 atom stereocenters. The summed E-state index contributed by atoms with van der Waals surface area (Å²) < 4.78 is 13.8. The van der Waals surface area contributed by atoms with E-state index in [1.807, 2.05) is 21.9 Å². The molecule has 2 aliphatic heterocycles. The van der Waals surface area contributed by atoms with E-state index in [1.165, 1.54) is 18.9 Å². The van der Waals surface area contributed by atoms with Gasteiger partial charge in [0.25, 0.3) is 0 Å². The Kier molecular flexibility index (Phi) is 5.16. The fraction of sp³-hybridized carbons (Fsp3) is 0.611. The molecule has 1 unspecified atom stereocenters. The quantitative estimate of drug-likeness (QED) is 0.855. The molecule has 2 saturated heterocycles. The van der Waals surface area contributed by atoms with Crippen LogP contribution >= 0.6 is 0 Å². The Balaban J connectivity index is 1.50. The summed E-state index contributed by atoms with van der Waals surface area (Å²) in [6.07, 6.45) is 2.46. The highest BCUT2D eigenvalue weighted by Gasteiger charge is 2.25. The van der Waals surface area contributed by atoms with Crippen molar-refractivity contribution in [3.05, 3.63) is 30.1 Å². The van der Waals surface area contributed by atoms with Gasteiger partial charge in [-0.2, -0.15) is 0 Å². The van der Waals surface area contributed by atoms with Gasteiger partial charge in [0.05, 0.1) is 12.2 Å². The monoisotopic (exact) mass is 319 g/mol. The van der Waals surface area contributed by atoms with Gasteiger partial charge in [0, 0.05) is 32.7 Å². The molecule has 2 heterocycles. The number of anilines is 1. The Labute approximate surface area is 137 Å². The molecule has 0 radical (unpaired) electrons. The molecular formula is C18H26FN3O. The van der Waals surface area contributed by atoms with Gasteiger partial charge in [0.1, 0.15) is 5.82 Å². The van der Waals surface area contributed by atoms with Crippen molar-refractivity contribution in [2.45, 2.75) is 19.8 Å². The third-order valence-corrected chi connectivity index (χ3v) is 4.93. The van der Waals surface area contributed by atoms with Gasteiger partial charge in [0.2, 0.25) is 5.91 Å². The summed E-state index contributed by atoms with van der Waals surface area (Å²) in [5.74, 6) is 0.719. The van der Waals surface area contributed by atoms with Crippen LogP contribution in [0.15, 0.2) is 24.3 Å². The molecule has 0 N–H and O–H groups in total. The first-order valence-electron chi connectivity index (χ1n) is 8.63. The molecule has 0 aromatic heterocycles. The number of piperazine rings is 1. The number of rotatable bonds is 3. The smallest absolute Gasteiger partial charge is 0.236 e. The van der Waals surface area contributed by atoms with Gasteiger partial charge in [-0.25, -0.2) is 4.39 Å². The van der Waals surface area contributed by atoms with Crippen LogP contribution in [0.1, 0.15) is 19.8 Å². The lowest BCUT2D eigenvalue weighted by molar-refractivity contribution is -0.133. The van der Waals surface area contributed by atoms with E-state index in [2.05, 4.69) is 11.8 Å². The SMILES string of the molecule is CC1CCCN(CC(=O)N2CCN(c3ccccc3F)CC2)C1. The minimum Gasteiger partial charge on any atom is -0.366 e. The topological polar surface area (TPSA) is 26.8 Å². The Morgan fingerprint density at radius 2 is 1.91 bits per heavy atom. The number of para-hydroxylation sites is 1. The van der Waals surface area contributed by atoms with Gasteiger partial charge in [-0.05, 0) is 37.4 Å². The molecule has 126 valence electrons. The van der Waals surface area contributed by atoms with Crippen LogP contribution in [-0.4, -0.2) is 61.5 Å². The maximum atomic E-state index is 13.8. The summed E-state index contributed by atoms with van der Waals surface area (Å²) in [4.78, 5) is 18.7. The van der Waals surface area contributed by atoms with Gasteiger partial charge >= 0.3 is 0 Å². The predicted molar refractivity (Wildman–Crippen MR) is 90.0 cm³/mol. The zero-order valence-electron chi connectivity index (χ0n) is 13.9. The number of amides is 1. The third-order valence-electron chi connectivity index (χ3n) is 4.93. The fourth-order valence-corrected chi connectivity index (χ4v) is 3.63. The van der Waals surface area contributed by atoms with E-state index >= 15 is 0 Å².